The Morgan fingerprint density at radius 3 is 2.61 bits per heavy atom. The van der Waals surface area contributed by atoms with E-state index in [1.165, 1.54) is 4.90 Å². The Bertz CT molecular complexity index is 828. The molecule has 1 aromatic heterocycles. The lowest BCUT2D eigenvalue weighted by Gasteiger charge is -2.06. The van der Waals surface area contributed by atoms with Crippen LogP contribution >= 0.6 is 35.0 Å². The molecule has 23 heavy (non-hydrogen) atoms. The van der Waals surface area contributed by atoms with Gasteiger partial charge in [0.2, 0.25) is 0 Å². The summed E-state index contributed by atoms with van der Waals surface area (Å²) in [6.07, 6.45) is 1.57. The van der Waals surface area contributed by atoms with Crippen molar-refractivity contribution in [2.24, 2.45) is 0 Å². The number of nitrogens with zero attached hydrogens (tertiary/aromatic N) is 1. The molecule has 1 aliphatic rings. The normalized spacial score (nSPS) is 16.7. The van der Waals surface area contributed by atoms with E-state index < -0.39 is 0 Å². The molecule has 0 spiro atoms. The van der Waals surface area contributed by atoms with Gasteiger partial charge in [0.05, 0.1) is 15.0 Å². The number of carbonyl (C=O) groups excluding carboxylic acids is 2. The molecule has 0 bridgehead atoms. The fraction of sp³-hybridized carbons (Fsp3) is 0.125. The second kappa shape index (κ2) is 6.43. The first-order chi connectivity index (χ1) is 11.0. The van der Waals surface area contributed by atoms with Gasteiger partial charge >= 0.3 is 0 Å². The predicted molar refractivity (Wildman–Crippen MR) is 92.5 cm³/mol. The monoisotopic (exact) mass is 367 g/mol. The number of imide groups is 1. The highest BCUT2D eigenvalue weighted by molar-refractivity contribution is 8.18. The molecule has 0 saturated carbocycles. The lowest BCUT2D eigenvalue weighted by atomic mass is 10.2. The molecule has 2 heterocycles. The van der Waals surface area contributed by atoms with Crippen LogP contribution in [0.1, 0.15) is 12.7 Å². The van der Waals surface area contributed by atoms with E-state index in [-0.39, 0.29) is 11.1 Å². The van der Waals surface area contributed by atoms with Crippen LogP contribution in [-0.2, 0) is 4.79 Å². The van der Waals surface area contributed by atoms with Crippen molar-refractivity contribution in [1.29, 1.82) is 0 Å². The van der Waals surface area contributed by atoms with E-state index >= 15 is 0 Å². The maximum absolute atomic E-state index is 12.1. The predicted octanol–water partition coefficient (Wildman–Crippen LogP) is 5.31. The largest absolute Gasteiger partial charge is 0.457 e. The van der Waals surface area contributed by atoms with E-state index in [9.17, 15) is 9.59 Å². The highest BCUT2D eigenvalue weighted by atomic mass is 35.5. The van der Waals surface area contributed by atoms with Crippen LogP contribution in [0.4, 0.5) is 4.79 Å². The molecule has 0 radical (unpaired) electrons. The molecule has 0 unspecified atom stereocenters. The molecular formula is C16H11Cl2NO3S. The molecule has 0 aliphatic carbocycles. The Hall–Kier alpha value is -1.69. The second-order valence-electron chi connectivity index (χ2n) is 4.76. The number of hydrogen-bond acceptors (Lipinski definition) is 4. The molecule has 4 nitrogen and oxygen atoms in total. The van der Waals surface area contributed by atoms with Crippen LogP contribution in [0.3, 0.4) is 0 Å². The maximum Gasteiger partial charge on any atom is 0.293 e. The second-order valence-corrected chi connectivity index (χ2v) is 6.56. The smallest absolute Gasteiger partial charge is 0.293 e. The highest BCUT2D eigenvalue weighted by Crippen LogP contribution is 2.34. The third-order valence-electron chi connectivity index (χ3n) is 3.29. The van der Waals surface area contributed by atoms with E-state index in [1.54, 1.807) is 43.3 Å². The van der Waals surface area contributed by atoms with Gasteiger partial charge in [0.1, 0.15) is 11.5 Å². The summed E-state index contributed by atoms with van der Waals surface area (Å²) in [5.74, 6) is 0.798. The van der Waals surface area contributed by atoms with E-state index in [1.807, 2.05) is 0 Å². The fourth-order valence-corrected chi connectivity index (χ4v) is 3.32. The zero-order valence-electron chi connectivity index (χ0n) is 12.0. The van der Waals surface area contributed by atoms with Gasteiger partial charge in [-0.05, 0) is 49.0 Å². The summed E-state index contributed by atoms with van der Waals surface area (Å²) < 4.78 is 5.71. The van der Waals surface area contributed by atoms with Gasteiger partial charge in [-0.25, -0.2) is 0 Å². The number of rotatable bonds is 3. The third-order valence-corrected chi connectivity index (χ3v) is 4.94. The molecule has 0 atom stereocenters. The molecule has 1 aliphatic heterocycles. The minimum atomic E-state index is -0.296. The lowest BCUT2D eigenvalue weighted by Crippen LogP contribution is -2.27. The van der Waals surface area contributed by atoms with Gasteiger partial charge in [-0.1, -0.05) is 23.2 Å². The molecule has 7 heteroatoms. The Kier molecular flexibility index (Phi) is 4.53. The number of furan rings is 1. The van der Waals surface area contributed by atoms with Crippen molar-refractivity contribution in [1.82, 2.24) is 4.90 Å². The number of halogens is 2. The van der Waals surface area contributed by atoms with Crippen LogP contribution in [0, 0.1) is 0 Å². The molecule has 3 rings (SSSR count). The van der Waals surface area contributed by atoms with Crippen molar-refractivity contribution in [2.45, 2.75) is 6.92 Å². The molecule has 118 valence electrons. The Balaban J connectivity index is 1.88. The van der Waals surface area contributed by atoms with Gasteiger partial charge in [0, 0.05) is 18.2 Å². The van der Waals surface area contributed by atoms with Crippen LogP contribution < -0.4 is 0 Å². The lowest BCUT2D eigenvalue weighted by molar-refractivity contribution is -0.122. The maximum atomic E-state index is 12.1. The third kappa shape index (κ3) is 3.17. The van der Waals surface area contributed by atoms with Crippen molar-refractivity contribution in [3.63, 3.8) is 0 Å². The molecule has 2 aromatic rings. The summed E-state index contributed by atoms with van der Waals surface area (Å²) in [5, 5.41) is 0.640. The van der Waals surface area contributed by atoms with Crippen LogP contribution in [0.5, 0.6) is 0 Å². The number of hydrogen-bond donors (Lipinski definition) is 0. The molecule has 1 saturated heterocycles. The number of benzene rings is 1. The molecule has 1 fully saturated rings. The number of thioether (sulfide) groups is 1. The summed E-state index contributed by atoms with van der Waals surface area (Å²) in [7, 11) is 0. The molecular weight excluding hydrogens is 357 g/mol. The standard InChI is InChI=1S/C16H11Cl2NO3S/c1-2-19-15(20)14(23-16(19)21)8-10-4-6-13(22-10)9-3-5-11(17)12(18)7-9/h3-8H,2H2,1H3. The Morgan fingerprint density at radius 2 is 1.96 bits per heavy atom. The zero-order valence-corrected chi connectivity index (χ0v) is 14.3. The molecule has 2 amide bonds. The fourth-order valence-electron chi connectivity index (χ4n) is 2.14. The van der Waals surface area contributed by atoms with E-state index in [2.05, 4.69) is 0 Å². The van der Waals surface area contributed by atoms with Crippen LogP contribution in [-0.4, -0.2) is 22.6 Å². The van der Waals surface area contributed by atoms with Gasteiger partial charge in [-0.2, -0.15) is 0 Å². The summed E-state index contributed by atoms with van der Waals surface area (Å²) in [6.45, 7) is 2.11. The highest BCUT2D eigenvalue weighted by Gasteiger charge is 2.33. The molecule has 0 N–H and O–H groups in total. The zero-order chi connectivity index (χ0) is 16.6. The number of likely N-dealkylation sites (N-methyl/N-ethyl adjacent to an activating group) is 1. The van der Waals surface area contributed by atoms with Gasteiger partial charge in [-0.15, -0.1) is 0 Å². The van der Waals surface area contributed by atoms with Crippen LogP contribution in [0.2, 0.25) is 10.0 Å². The van der Waals surface area contributed by atoms with Crippen molar-refractivity contribution in [3.8, 4) is 11.3 Å². The average molecular weight is 368 g/mol. The quantitative estimate of drug-likeness (QED) is 0.689. The van der Waals surface area contributed by atoms with Crippen LogP contribution in [0.15, 0.2) is 39.7 Å². The first kappa shape index (κ1) is 16.2. The van der Waals surface area contributed by atoms with Crippen molar-refractivity contribution >= 4 is 52.2 Å². The van der Waals surface area contributed by atoms with Gasteiger partial charge in [0.25, 0.3) is 11.1 Å². The first-order valence-corrected chi connectivity index (χ1v) is 8.37. The van der Waals surface area contributed by atoms with E-state index in [0.29, 0.717) is 33.0 Å². The van der Waals surface area contributed by atoms with Crippen LogP contribution in [0.25, 0.3) is 17.4 Å². The first-order valence-electron chi connectivity index (χ1n) is 6.80. The summed E-state index contributed by atoms with van der Waals surface area (Å²) in [5.41, 5.74) is 0.778. The molecule has 1 aromatic carbocycles. The Labute approximate surface area is 147 Å². The van der Waals surface area contributed by atoms with E-state index in [0.717, 1.165) is 17.3 Å². The minimum absolute atomic E-state index is 0.264. The van der Waals surface area contributed by atoms with Crippen molar-refractivity contribution < 1.29 is 14.0 Å². The SMILES string of the molecule is CCN1C(=O)SC(=Cc2ccc(-c3ccc(Cl)c(Cl)c3)o2)C1=O. The minimum Gasteiger partial charge on any atom is -0.457 e. The van der Waals surface area contributed by atoms with E-state index in [4.69, 9.17) is 27.6 Å². The summed E-state index contributed by atoms with van der Waals surface area (Å²) >= 11 is 12.8. The average Bonchev–Trinajstić information content (AvgIpc) is 3.08. The summed E-state index contributed by atoms with van der Waals surface area (Å²) in [4.78, 5) is 25.3. The van der Waals surface area contributed by atoms with Crippen molar-refractivity contribution in [2.75, 3.05) is 6.54 Å². The Morgan fingerprint density at radius 1 is 1.17 bits per heavy atom. The van der Waals surface area contributed by atoms with Gasteiger partial charge in [0.15, 0.2) is 0 Å². The topological polar surface area (TPSA) is 50.5 Å². The summed E-state index contributed by atoms with van der Waals surface area (Å²) in [6, 6.07) is 8.69. The number of amides is 2. The van der Waals surface area contributed by atoms with Gasteiger partial charge < -0.3 is 4.42 Å². The number of carbonyl (C=O) groups is 2. The van der Waals surface area contributed by atoms with Gasteiger partial charge in [-0.3, -0.25) is 14.5 Å². The van der Waals surface area contributed by atoms with Crippen molar-refractivity contribution in [3.05, 3.63) is 51.0 Å².